The van der Waals surface area contributed by atoms with Gasteiger partial charge in [0.15, 0.2) is 0 Å². The summed E-state index contributed by atoms with van der Waals surface area (Å²) >= 11 is 12.5. The quantitative estimate of drug-likeness (QED) is 0.470. The van der Waals surface area contributed by atoms with Gasteiger partial charge in [-0.1, -0.05) is 0 Å². The molecule has 0 aliphatic heterocycles. The fourth-order valence-corrected chi connectivity index (χ4v) is 1.50. The summed E-state index contributed by atoms with van der Waals surface area (Å²) < 4.78 is -0.268. The van der Waals surface area contributed by atoms with Crippen LogP contribution in [0.3, 0.4) is 0 Å². The van der Waals surface area contributed by atoms with Crippen molar-refractivity contribution < 1.29 is 0 Å². The van der Waals surface area contributed by atoms with Crippen LogP contribution in [0.1, 0.15) is 0 Å². The first kappa shape index (κ1) is 14.1. The van der Waals surface area contributed by atoms with Gasteiger partial charge in [0.1, 0.15) is 0 Å². The summed E-state index contributed by atoms with van der Waals surface area (Å²) in [5, 5.41) is -0.0239. The zero-order valence-electron chi connectivity index (χ0n) is 8.35. The molecule has 4 heteroatoms. The van der Waals surface area contributed by atoms with Gasteiger partial charge in [0.25, 0.3) is 0 Å². The third-order valence-electron chi connectivity index (χ3n) is 1.22. The van der Waals surface area contributed by atoms with Crippen molar-refractivity contribution in [1.29, 1.82) is 0 Å². The summed E-state index contributed by atoms with van der Waals surface area (Å²) in [6.45, 7) is 0. The van der Waals surface area contributed by atoms with Crippen molar-refractivity contribution in [3.05, 3.63) is 24.3 Å². The molecule has 1 aliphatic carbocycles. The van der Waals surface area contributed by atoms with E-state index in [2.05, 4.69) is 17.3 Å². The van der Waals surface area contributed by atoms with Gasteiger partial charge in [-0.15, -0.1) is 0 Å². The van der Waals surface area contributed by atoms with Crippen molar-refractivity contribution in [1.82, 2.24) is 0 Å². The van der Waals surface area contributed by atoms with Crippen molar-refractivity contribution in [3.63, 3.8) is 0 Å². The number of halogens is 2. The standard InChI is InChI=1S/C6H7Cl2Ge.C3H9Ge/c7-5-3-1-2-4-6(5,8)9;1-4(2)3/h1-5H,9H2;1-3H3. The van der Waals surface area contributed by atoms with Crippen molar-refractivity contribution in [2.75, 3.05) is 0 Å². The number of allylic oxidation sites excluding steroid dienone is 4. The van der Waals surface area contributed by atoms with Gasteiger partial charge in [-0.3, -0.25) is 0 Å². The molecule has 1 rings (SSSR count). The van der Waals surface area contributed by atoms with Gasteiger partial charge in [0.2, 0.25) is 0 Å². The van der Waals surface area contributed by atoms with Crippen LogP contribution < -0.4 is 0 Å². The van der Waals surface area contributed by atoms with Crippen LogP contribution in [0.5, 0.6) is 0 Å². The van der Waals surface area contributed by atoms with E-state index in [0.29, 0.717) is 0 Å². The molecule has 0 nitrogen and oxygen atoms in total. The van der Waals surface area contributed by atoms with Crippen LogP contribution in [-0.2, 0) is 0 Å². The second-order valence-electron chi connectivity index (χ2n) is 3.57. The van der Waals surface area contributed by atoms with Gasteiger partial charge in [0, 0.05) is 0 Å². The molecule has 0 bridgehead atoms. The Labute approximate surface area is 104 Å². The van der Waals surface area contributed by atoms with Gasteiger partial charge >= 0.3 is 105 Å². The third kappa shape index (κ3) is 7.12. The van der Waals surface area contributed by atoms with Gasteiger partial charge in [0.05, 0.1) is 0 Å². The molecule has 0 saturated carbocycles. The van der Waals surface area contributed by atoms with E-state index in [0.717, 1.165) is 16.5 Å². The molecule has 74 valence electrons. The first-order chi connectivity index (χ1) is 5.86. The fourth-order valence-electron chi connectivity index (χ4n) is 0.629. The molecule has 2 radical (unpaired) electrons. The van der Waals surface area contributed by atoms with Crippen LogP contribution in [0.4, 0.5) is 0 Å². The summed E-state index contributed by atoms with van der Waals surface area (Å²) in [6, 6.07) is 0. The molecule has 2 atom stereocenters. The molecule has 0 aromatic rings. The molecular weight excluding hydrogens is 324 g/mol. The first-order valence-corrected chi connectivity index (χ1v) is 12.8. The van der Waals surface area contributed by atoms with Gasteiger partial charge in [-0.25, -0.2) is 0 Å². The van der Waals surface area contributed by atoms with Crippen molar-refractivity contribution in [2.45, 2.75) is 26.4 Å². The van der Waals surface area contributed by atoms with E-state index in [1.165, 1.54) is 0 Å². The van der Waals surface area contributed by atoms with E-state index in [1.807, 2.05) is 24.3 Å². The zero-order valence-corrected chi connectivity index (χ0v) is 14.9. The first-order valence-electron chi connectivity index (χ1n) is 4.17. The van der Waals surface area contributed by atoms with Crippen LogP contribution >= 0.6 is 23.2 Å². The predicted octanol–water partition coefficient (Wildman–Crippen LogP) is 2.66. The second-order valence-corrected chi connectivity index (χ2v) is 14.4. The minimum atomic E-state index is -0.333. The Morgan fingerprint density at radius 1 is 1.31 bits per heavy atom. The van der Waals surface area contributed by atoms with Crippen LogP contribution in [0.2, 0.25) is 17.3 Å². The molecule has 0 N–H and O–H groups in total. The normalized spacial score (nSPS) is 31.5. The van der Waals surface area contributed by atoms with E-state index in [1.54, 1.807) is 0 Å². The van der Waals surface area contributed by atoms with Gasteiger partial charge in [-0.05, 0) is 0 Å². The Morgan fingerprint density at radius 2 is 1.77 bits per heavy atom. The van der Waals surface area contributed by atoms with E-state index in [9.17, 15) is 0 Å². The molecular formula is C9H16Cl2Ge2. The fraction of sp³-hybridized carbons (Fsp3) is 0.556. The number of alkyl halides is 2. The summed E-state index contributed by atoms with van der Waals surface area (Å²) in [7, 11) is 0. The number of hydrogen-bond acceptors (Lipinski definition) is 0. The van der Waals surface area contributed by atoms with Crippen LogP contribution in [0, 0.1) is 0 Å². The third-order valence-corrected chi connectivity index (χ3v) is 4.19. The Morgan fingerprint density at radius 3 is 2.00 bits per heavy atom. The minimum absolute atomic E-state index is 0.0239. The summed E-state index contributed by atoms with van der Waals surface area (Å²) in [5.74, 6) is 7.00. The average molecular weight is 340 g/mol. The van der Waals surface area contributed by atoms with Gasteiger partial charge in [-0.2, -0.15) is 0 Å². The molecule has 1 aliphatic rings. The van der Waals surface area contributed by atoms with Crippen LogP contribution in [-0.4, -0.2) is 39.9 Å². The van der Waals surface area contributed by atoms with Crippen molar-refractivity contribution >= 4 is 54.1 Å². The molecule has 13 heavy (non-hydrogen) atoms. The van der Waals surface area contributed by atoms with E-state index in [-0.39, 0.29) is 23.4 Å². The van der Waals surface area contributed by atoms with E-state index >= 15 is 0 Å². The molecule has 0 saturated heterocycles. The topological polar surface area (TPSA) is 0 Å². The van der Waals surface area contributed by atoms with Crippen LogP contribution in [0.25, 0.3) is 0 Å². The predicted molar refractivity (Wildman–Crippen MR) is 68.4 cm³/mol. The number of hydrogen-bond donors (Lipinski definition) is 0. The zero-order chi connectivity index (χ0) is 10.5. The Hall–Kier alpha value is 1.15. The summed E-state index contributed by atoms with van der Waals surface area (Å²) in [4.78, 5) is 0. The maximum atomic E-state index is 6.01. The Bertz CT molecular complexity index is 195. The van der Waals surface area contributed by atoms with Gasteiger partial charge < -0.3 is 0 Å². The van der Waals surface area contributed by atoms with E-state index in [4.69, 9.17) is 23.2 Å². The molecule has 0 fully saturated rings. The molecule has 2 unspecified atom stereocenters. The molecule has 0 aromatic heterocycles. The molecule has 0 spiro atoms. The van der Waals surface area contributed by atoms with Crippen molar-refractivity contribution in [2.24, 2.45) is 0 Å². The van der Waals surface area contributed by atoms with Crippen LogP contribution in [0.15, 0.2) is 24.3 Å². The maximum absolute atomic E-state index is 6.01. The Balaban J connectivity index is 0.000000310. The van der Waals surface area contributed by atoms with E-state index < -0.39 is 0 Å². The Kier molecular flexibility index (Phi) is 7.18. The SMILES string of the molecule is ClC1C=CC=C[C]1(Cl)[GeH2].[CH3][Ge]([CH3])[CH3]. The molecule has 0 amide bonds. The monoisotopic (exact) mass is 342 g/mol. The second kappa shape index (κ2) is 6.60. The van der Waals surface area contributed by atoms with Crippen molar-refractivity contribution in [3.8, 4) is 0 Å². The summed E-state index contributed by atoms with van der Waals surface area (Å²) in [6.07, 6.45) is 7.73. The molecule has 0 heterocycles. The molecule has 0 aromatic carbocycles. The average Bonchev–Trinajstić information content (AvgIpc) is 1.94. The summed E-state index contributed by atoms with van der Waals surface area (Å²) in [5.41, 5.74) is 0. The number of rotatable bonds is 0.